The van der Waals surface area contributed by atoms with E-state index in [0.29, 0.717) is 19.8 Å². The Labute approximate surface area is 81.9 Å². The first-order chi connectivity index (χ1) is 6.75. The average Bonchev–Trinajstić information content (AvgIpc) is 2.16. The molecule has 1 heterocycles. The lowest BCUT2D eigenvalue weighted by atomic mass is 10.4. The van der Waals surface area contributed by atoms with Gasteiger partial charge in [-0.15, -0.1) is 0 Å². The van der Waals surface area contributed by atoms with Crippen LogP contribution >= 0.6 is 0 Å². The molecule has 1 fully saturated rings. The molecular formula is C8H14N2O4. The van der Waals surface area contributed by atoms with Crippen LogP contribution in [0.4, 0.5) is 0 Å². The third-order valence-corrected chi connectivity index (χ3v) is 1.77. The Morgan fingerprint density at radius 1 is 1.29 bits per heavy atom. The summed E-state index contributed by atoms with van der Waals surface area (Å²) in [6, 6.07) is 0. The van der Waals surface area contributed by atoms with Crippen LogP contribution < -0.4 is 5.73 Å². The van der Waals surface area contributed by atoms with Crippen molar-refractivity contribution in [1.82, 2.24) is 4.90 Å². The number of carbonyl (C=O) groups excluding carboxylic acids is 2. The summed E-state index contributed by atoms with van der Waals surface area (Å²) in [5, 5.41) is 0. The van der Waals surface area contributed by atoms with Crippen LogP contribution in [0.15, 0.2) is 0 Å². The maximum Gasteiger partial charge on any atom is 0.255 e. The van der Waals surface area contributed by atoms with E-state index >= 15 is 0 Å². The van der Waals surface area contributed by atoms with E-state index in [9.17, 15) is 9.59 Å². The second kappa shape index (κ2) is 5.69. The van der Waals surface area contributed by atoms with Crippen molar-refractivity contribution in [3.8, 4) is 0 Å². The van der Waals surface area contributed by atoms with Crippen LogP contribution in [0.2, 0.25) is 0 Å². The molecule has 2 N–H and O–H groups in total. The minimum Gasteiger partial charge on any atom is -0.378 e. The van der Waals surface area contributed by atoms with E-state index < -0.39 is 0 Å². The molecule has 0 saturated carbocycles. The third kappa shape index (κ3) is 3.06. The Hall–Kier alpha value is -0.980. The number of carbonyl (C=O) groups is 2. The number of rotatable bonds is 5. The van der Waals surface area contributed by atoms with Crippen molar-refractivity contribution in [2.75, 3.05) is 39.5 Å². The number of imide groups is 1. The number of nitrogens with two attached hydrogens (primary N) is 1. The minimum absolute atomic E-state index is 0.0252. The Morgan fingerprint density at radius 3 is 2.50 bits per heavy atom. The van der Waals surface area contributed by atoms with Crippen molar-refractivity contribution >= 4 is 11.8 Å². The Bertz CT molecular complexity index is 203. The van der Waals surface area contributed by atoms with Crippen LogP contribution in [0.1, 0.15) is 0 Å². The molecule has 0 atom stereocenters. The van der Waals surface area contributed by atoms with Crippen LogP contribution in [0.5, 0.6) is 0 Å². The van der Waals surface area contributed by atoms with Gasteiger partial charge in [0.15, 0.2) is 0 Å². The molecular weight excluding hydrogens is 188 g/mol. The van der Waals surface area contributed by atoms with Gasteiger partial charge in [0.25, 0.3) is 11.8 Å². The number of nitrogens with zero attached hydrogens (tertiary/aromatic N) is 1. The van der Waals surface area contributed by atoms with E-state index in [-0.39, 0.29) is 31.6 Å². The fourth-order valence-corrected chi connectivity index (χ4v) is 1.11. The number of amides is 2. The molecule has 0 aromatic rings. The number of morpholine rings is 1. The summed E-state index contributed by atoms with van der Waals surface area (Å²) in [5.41, 5.74) is 5.21. The van der Waals surface area contributed by atoms with E-state index in [0.717, 1.165) is 4.90 Å². The topological polar surface area (TPSA) is 81.9 Å². The van der Waals surface area contributed by atoms with Crippen LogP contribution in [0.25, 0.3) is 0 Å². The molecule has 1 rings (SSSR count). The van der Waals surface area contributed by atoms with Gasteiger partial charge < -0.3 is 15.2 Å². The normalized spacial score (nSPS) is 17.6. The van der Waals surface area contributed by atoms with E-state index in [1.807, 2.05) is 0 Å². The smallest absolute Gasteiger partial charge is 0.255 e. The average molecular weight is 202 g/mol. The highest BCUT2D eigenvalue weighted by Crippen LogP contribution is 1.99. The van der Waals surface area contributed by atoms with Gasteiger partial charge in [-0.2, -0.15) is 0 Å². The van der Waals surface area contributed by atoms with Crippen molar-refractivity contribution in [2.24, 2.45) is 5.73 Å². The van der Waals surface area contributed by atoms with Crippen LogP contribution in [0, 0.1) is 0 Å². The summed E-state index contributed by atoms with van der Waals surface area (Å²) in [6.07, 6.45) is 0. The van der Waals surface area contributed by atoms with Crippen LogP contribution in [0.3, 0.4) is 0 Å². The van der Waals surface area contributed by atoms with Gasteiger partial charge in [0.05, 0.1) is 19.8 Å². The molecule has 1 aliphatic heterocycles. The van der Waals surface area contributed by atoms with Gasteiger partial charge in [-0.25, -0.2) is 0 Å². The third-order valence-electron chi connectivity index (χ3n) is 1.77. The molecule has 0 bridgehead atoms. The first-order valence-corrected chi connectivity index (χ1v) is 4.44. The molecule has 0 aliphatic carbocycles. The molecule has 2 amide bonds. The molecule has 0 unspecified atom stereocenters. The quantitative estimate of drug-likeness (QED) is 0.426. The van der Waals surface area contributed by atoms with Gasteiger partial charge in [0, 0.05) is 6.54 Å². The molecule has 6 nitrogen and oxygen atoms in total. The summed E-state index contributed by atoms with van der Waals surface area (Å²) in [5.74, 6) is -0.616. The van der Waals surface area contributed by atoms with E-state index in [4.69, 9.17) is 15.2 Å². The Balaban J connectivity index is 2.26. The second-order valence-corrected chi connectivity index (χ2v) is 2.83. The summed E-state index contributed by atoms with van der Waals surface area (Å²) in [6.45, 7) is 1.43. The molecule has 1 aliphatic rings. The lowest BCUT2D eigenvalue weighted by molar-refractivity contribution is -0.159. The number of hydrogen-bond donors (Lipinski definition) is 1. The van der Waals surface area contributed by atoms with E-state index in [1.54, 1.807) is 0 Å². The van der Waals surface area contributed by atoms with Crippen LogP contribution in [-0.4, -0.2) is 56.2 Å². The molecule has 6 heteroatoms. The molecule has 0 aromatic heterocycles. The van der Waals surface area contributed by atoms with Gasteiger partial charge in [-0.05, 0) is 0 Å². The fraction of sp³-hybridized carbons (Fsp3) is 0.750. The van der Waals surface area contributed by atoms with Crippen molar-refractivity contribution in [3.63, 3.8) is 0 Å². The first kappa shape index (κ1) is 11.1. The molecule has 1 saturated heterocycles. The van der Waals surface area contributed by atoms with E-state index in [2.05, 4.69) is 0 Å². The predicted molar refractivity (Wildman–Crippen MR) is 47.4 cm³/mol. The van der Waals surface area contributed by atoms with Crippen molar-refractivity contribution < 1.29 is 19.1 Å². The van der Waals surface area contributed by atoms with Crippen molar-refractivity contribution in [2.45, 2.75) is 0 Å². The largest absolute Gasteiger partial charge is 0.378 e. The van der Waals surface area contributed by atoms with Crippen LogP contribution in [-0.2, 0) is 19.1 Å². The Morgan fingerprint density at radius 2 is 1.93 bits per heavy atom. The summed E-state index contributed by atoms with van der Waals surface area (Å²) < 4.78 is 9.82. The minimum atomic E-state index is -0.308. The number of ether oxygens (including phenoxy) is 2. The maximum absolute atomic E-state index is 11.2. The number of hydrogen-bond acceptors (Lipinski definition) is 5. The van der Waals surface area contributed by atoms with Gasteiger partial charge in [-0.3, -0.25) is 14.5 Å². The van der Waals surface area contributed by atoms with Crippen molar-refractivity contribution in [3.05, 3.63) is 0 Å². The first-order valence-electron chi connectivity index (χ1n) is 4.44. The van der Waals surface area contributed by atoms with Gasteiger partial charge in [0.1, 0.15) is 13.2 Å². The van der Waals surface area contributed by atoms with E-state index in [1.165, 1.54) is 0 Å². The maximum atomic E-state index is 11.2. The fourth-order valence-electron chi connectivity index (χ4n) is 1.11. The summed E-state index contributed by atoms with van der Waals surface area (Å²) in [7, 11) is 0. The Kier molecular flexibility index (Phi) is 4.51. The molecule has 0 aromatic carbocycles. The summed E-state index contributed by atoms with van der Waals surface area (Å²) >= 11 is 0. The zero-order valence-corrected chi connectivity index (χ0v) is 7.90. The highest BCUT2D eigenvalue weighted by Gasteiger charge is 2.25. The predicted octanol–water partition coefficient (Wildman–Crippen LogP) is -1.65. The molecule has 14 heavy (non-hydrogen) atoms. The van der Waals surface area contributed by atoms with Gasteiger partial charge in [-0.1, -0.05) is 0 Å². The molecule has 80 valence electrons. The second-order valence-electron chi connectivity index (χ2n) is 2.83. The highest BCUT2D eigenvalue weighted by atomic mass is 16.5. The lowest BCUT2D eigenvalue weighted by Crippen LogP contribution is -2.47. The van der Waals surface area contributed by atoms with Crippen molar-refractivity contribution in [1.29, 1.82) is 0 Å². The lowest BCUT2D eigenvalue weighted by Gasteiger charge is -2.24. The monoisotopic (exact) mass is 202 g/mol. The standard InChI is InChI=1S/C8H14N2O4/c9-1-3-13-4-2-10-7(11)5-14-6-8(10)12/h1-6,9H2. The molecule has 0 spiro atoms. The zero-order chi connectivity index (χ0) is 10.4. The SMILES string of the molecule is NCCOCCN1C(=O)COCC1=O. The molecule has 0 radical (unpaired) electrons. The summed E-state index contributed by atoms with van der Waals surface area (Å²) in [4.78, 5) is 23.5. The van der Waals surface area contributed by atoms with Gasteiger partial charge >= 0.3 is 0 Å². The highest BCUT2D eigenvalue weighted by molar-refractivity contribution is 5.98. The zero-order valence-electron chi connectivity index (χ0n) is 7.90. The van der Waals surface area contributed by atoms with Gasteiger partial charge in [0.2, 0.25) is 0 Å².